The molecule has 1 aromatic carbocycles. The molecule has 2 fully saturated rings. The van der Waals surface area contributed by atoms with Crippen molar-refractivity contribution in [2.45, 2.75) is 51.4 Å². The van der Waals surface area contributed by atoms with Gasteiger partial charge in [0.05, 0.1) is 12.1 Å². The van der Waals surface area contributed by atoms with E-state index in [9.17, 15) is 45.5 Å². The maximum absolute atomic E-state index is 13.8. The van der Waals surface area contributed by atoms with Crippen molar-refractivity contribution in [3.05, 3.63) is 47.5 Å². The molecule has 2 saturated heterocycles. The summed E-state index contributed by atoms with van der Waals surface area (Å²) in [7, 11) is 0. The van der Waals surface area contributed by atoms with E-state index in [0.29, 0.717) is 31.2 Å². The number of ether oxygens (including phenoxy) is 1. The molecule has 218 valence electrons. The molecule has 2 aliphatic rings. The highest BCUT2D eigenvalue weighted by molar-refractivity contribution is 5.80. The summed E-state index contributed by atoms with van der Waals surface area (Å²) < 4.78 is 81.4. The van der Waals surface area contributed by atoms with Crippen molar-refractivity contribution in [1.82, 2.24) is 9.80 Å². The molecule has 3 N–H and O–H groups in total. The lowest BCUT2D eigenvalue weighted by atomic mass is 10.0. The van der Waals surface area contributed by atoms with E-state index in [1.807, 2.05) is 0 Å². The molecular formula is C24H29F6N3O6. The van der Waals surface area contributed by atoms with E-state index in [2.05, 4.69) is 4.74 Å². The average molecular weight is 569 g/mol. The van der Waals surface area contributed by atoms with E-state index in [4.69, 9.17) is 10.8 Å². The predicted molar refractivity (Wildman–Crippen MR) is 124 cm³/mol. The Morgan fingerprint density at radius 2 is 1.74 bits per heavy atom. The molecule has 1 aromatic rings. The Bertz CT molecular complexity index is 1070. The first kappa shape index (κ1) is 33.4. The summed E-state index contributed by atoms with van der Waals surface area (Å²) in [6.07, 6.45) is -4.45. The van der Waals surface area contributed by atoms with Gasteiger partial charge in [-0.25, -0.2) is 18.0 Å². The van der Waals surface area contributed by atoms with E-state index in [0.717, 1.165) is 11.2 Å². The minimum atomic E-state index is -4.59. The number of likely N-dealkylation sites (tertiary alicyclic amines) is 2. The summed E-state index contributed by atoms with van der Waals surface area (Å²) in [6, 6.07) is -0.140. The van der Waals surface area contributed by atoms with Crippen LogP contribution < -0.4 is 5.73 Å². The van der Waals surface area contributed by atoms with Crippen LogP contribution in [0.25, 0.3) is 0 Å². The number of rotatable bonds is 8. The second kappa shape index (κ2) is 14.5. The number of carboxylic acid groups (broad SMARTS) is 1. The number of fused-ring (bicyclic) bond motifs is 1. The number of nitrogens with zero attached hydrogens (tertiary/aromatic N) is 2. The van der Waals surface area contributed by atoms with Gasteiger partial charge in [0, 0.05) is 44.1 Å². The van der Waals surface area contributed by atoms with Crippen molar-refractivity contribution in [1.29, 1.82) is 0 Å². The molecule has 15 heteroatoms. The summed E-state index contributed by atoms with van der Waals surface area (Å²) in [4.78, 5) is 46.0. The van der Waals surface area contributed by atoms with E-state index >= 15 is 0 Å². The van der Waals surface area contributed by atoms with Crippen molar-refractivity contribution < 1.29 is 55.4 Å². The number of carboxylic acids is 1. The molecule has 3 atom stereocenters. The number of aliphatic carboxylic acids is 1. The Morgan fingerprint density at radius 1 is 1.10 bits per heavy atom. The summed E-state index contributed by atoms with van der Waals surface area (Å²) >= 11 is 0. The maximum Gasteiger partial charge on any atom is 0.397 e. The molecule has 0 unspecified atom stereocenters. The lowest BCUT2D eigenvalue weighted by Gasteiger charge is -2.26. The van der Waals surface area contributed by atoms with Crippen LogP contribution in [0.2, 0.25) is 0 Å². The predicted octanol–water partition coefficient (Wildman–Crippen LogP) is 2.77. The van der Waals surface area contributed by atoms with Gasteiger partial charge in [-0.3, -0.25) is 14.4 Å². The molecule has 3 rings (SSSR count). The van der Waals surface area contributed by atoms with Crippen LogP contribution in [0.3, 0.4) is 0 Å². The fraction of sp³-hybridized carbons (Fsp3) is 0.500. The molecule has 2 heterocycles. The van der Waals surface area contributed by atoms with Crippen LogP contribution in [0.15, 0.2) is 24.5 Å². The van der Waals surface area contributed by atoms with Crippen LogP contribution in [0.1, 0.15) is 32.3 Å². The number of alkyl halides is 3. The zero-order chi connectivity index (χ0) is 28.6. The van der Waals surface area contributed by atoms with Crippen LogP contribution >= 0.6 is 0 Å². The third kappa shape index (κ3) is 10.2. The monoisotopic (exact) mass is 569 g/mol. The largest absolute Gasteiger partial charge is 0.478 e. The van der Waals surface area contributed by atoms with Crippen molar-refractivity contribution in [3.63, 3.8) is 0 Å². The molecule has 0 bridgehead atoms. The first-order chi connectivity index (χ1) is 17.7. The highest BCUT2D eigenvalue weighted by Crippen LogP contribution is 2.33. The molecule has 0 aromatic heterocycles. The third-order valence-electron chi connectivity index (χ3n) is 5.93. The molecule has 0 spiro atoms. The number of hydrogen-bond acceptors (Lipinski definition) is 6. The van der Waals surface area contributed by atoms with E-state index in [-0.39, 0.29) is 63.3 Å². The van der Waals surface area contributed by atoms with Crippen molar-refractivity contribution in [2.24, 2.45) is 11.7 Å². The van der Waals surface area contributed by atoms with Crippen molar-refractivity contribution in [3.8, 4) is 0 Å². The minimum Gasteiger partial charge on any atom is -0.478 e. The maximum atomic E-state index is 13.8. The van der Waals surface area contributed by atoms with E-state index < -0.39 is 48.0 Å². The number of hydrogen-bond donors (Lipinski definition) is 2. The molecule has 0 saturated carbocycles. The fourth-order valence-corrected chi connectivity index (χ4v) is 4.30. The highest BCUT2D eigenvalue weighted by atomic mass is 19.4. The third-order valence-corrected chi connectivity index (χ3v) is 5.93. The van der Waals surface area contributed by atoms with Gasteiger partial charge in [-0.1, -0.05) is 7.43 Å². The summed E-state index contributed by atoms with van der Waals surface area (Å²) in [5, 5.41) is 7.86. The van der Waals surface area contributed by atoms with Gasteiger partial charge in [0.2, 0.25) is 11.8 Å². The van der Waals surface area contributed by atoms with E-state index in [1.165, 1.54) is 4.90 Å². The summed E-state index contributed by atoms with van der Waals surface area (Å²) in [5.41, 5.74) is 5.74. The standard InChI is InChI=1S/C19H21F6N3O2.C4H4O4.CH4/c20-13-6-15(22)14(21)4-11(13)3-12(26)5-17(29)28-2-1-10-8-27(9-16(10)28)18(30)7-19(23,24)25;5-3-8-2-1-4(6)7;/h4,6,10,12,16H,1-3,5,7-9,26H2;1-3H,(H,6,7);1H4/b;2-1+;/t10-,12+,16+;;/m0../s1. The molecule has 39 heavy (non-hydrogen) atoms. The smallest absolute Gasteiger partial charge is 0.397 e. The molecule has 2 aliphatic heterocycles. The average Bonchev–Trinajstić information content (AvgIpc) is 3.38. The van der Waals surface area contributed by atoms with Crippen molar-refractivity contribution >= 4 is 24.3 Å². The first-order valence-corrected chi connectivity index (χ1v) is 11.2. The number of carbonyl (C=O) groups is 4. The Hall–Kier alpha value is -3.62. The lowest BCUT2D eigenvalue weighted by Crippen LogP contribution is -2.43. The second-order valence-electron chi connectivity index (χ2n) is 8.69. The second-order valence-corrected chi connectivity index (χ2v) is 8.69. The quantitative estimate of drug-likeness (QED) is 0.162. The van der Waals surface area contributed by atoms with Gasteiger partial charge in [-0.15, -0.1) is 0 Å². The number of carbonyl (C=O) groups excluding carboxylic acids is 3. The van der Waals surface area contributed by atoms with Crippen LogP contribution in [0, 0.1) is 23.4 Å². The van der Waals surface area contributed by atoms with Gasteiger partial charge >= 0.3 is 12.1 Å². The highest BCUT2D eigenvalue weighted by Gasteiger charge is 2.46. The van der Waals surface area contributed by atoms with Crippen LogP contribution in [0.4, 0.5) is 26.3 Å². The molecule has 2 amide bonds. The van der Waals surface area contributed by atoms with Gasteiger partial charge in [0.25, 0.3) is 6.47 Å². The molecule has 0 aliphatic carbocycles. The zero-order valence-electron chi connectivity index (χ0n) is 19.8. The Morgan fingerprint density at radius 3 is 2.33 bits per heavy atom. The fourth-order valence-electron chi connectivity index (χ4n) is 4.30. The number of benzene rings is 1. The number of nitrogens with two attached hydrogens (primary N) is 1. The SMILES string of the molecule is C.N[C@@H](CC(=O)N1CC[C@H]2CN(C(=O)CC(F)(F)F)C[C@H]21)Cc1cc(F)c(F)cc1F.O=CO/C=C/C(=O)O. The topological polar surface area (TPSA) is 130 Å². The van der Waals surface area contributed by atoms with Gasteiger partial charge in [-0.05, 0) is 24.5 Å². The molecule has 0 radical (unpaired) electrons. The Labute approximate surface area is 220 Å². The number of amides is 2. The van der Waals surface area contributed by atoms with Gasteiger partial charge < -0.3 is 25.4 Å². The summed E-state index contributed by atoms with van der Waals surface area (Å²) in [6.45, 7) is 0.717. The van der Waals surface area contributed by atoms with Crippen LogP contribution in [0.5, 0.6) is 0 Å². The van der Waals surface area contributed by atoms with Crippen molar-refractivity contribution in [2.75, 3.05) is 19.6 Å². The van der Waals surface area contributed by atoms with Gasteiger partial charge in [0.1, 0.15) is 18.5 Å². The van der Waals surface area contributed by atoms with Crippen LogP contribution in [-0.4, -0.2) is 77.1 Å². The number of halogens is 6. The zero-order valence-corrected chi connectivity index (χ0v) is 19.8. The Balaban J connectivity index is 0.000000737. The van der Waals surface area contributed by atoms with Gasteiger partial charge in [-0.2, -0.15) is 13.2 Å². The van der Waals surface area contributed by atoms with Crippen LogP contribution in [-0.2, 0) is 30.3 Å². The van der Waals surface area contributed by atoms with E-state index in [1.54, 1.807) is 0 Å². The molecular weight excluding hydrogens is 540 g/mol. The first-order valence-electron chi connectivity index (χ1n) is 11.2. The Kier molecular flexibility index (Phi) is 12.4. The normalized spacial score (nSPS) is 19.1. The minimum absolute atomic E-state index is 0. The summed E-state index contributed by atoms with van der Waals surface area (Å²) in [5.74, 6) is -6.15. The van der Waals surface area contributed by atoms with Gasteiger partial charge in [0.15, 0.2) is 11.6 Å². The molecule has 9 nitrogen and oxygen atoms in total. The lowest BCUT2D eigenvalue weighted by molar-refractivity contribution is -0.161.